The van der Waals surface area contributed by atoms with Crippen LogP contribution >= 0.6 is 0 Å². The van der Waals surface area contributed by atoms with E-state index in [1.54, 1.807) is 0 Å². The van der Waals surface area contributed by atoms with Gasteiger partial charge < -0.3 is 10.1 Å². The largest absolute Gasteiger partial charge is 0.358 e. The van der Waals surface area contributed by atoms with Crippen molar-refractivity contribution in [3.05, 3.63) is 30.3 Å². The van der Waals surface area contributed by atoms with Gasteiger partial charge in [-0.3, -0.25) is 0 Å². The minimum absolute atomic E-state index is 0.237. The van der Waals surface area contributed by atoms with E-state index in [0.29, 0.717) is 0 Å². The second-order valence-electron chi connectivity index (χ2n) is 5.42. The normalized spacial score (nSPS) is 27.2. The van der Waals surface area contributed by atoms with E-state index in [9.17, 15) is 0 Å². The number of nitrogens with one attached hydrogen (secondary N) is 1. The molecule has 0 aliphatic carbocycles. The summed E-state index contributed by atoms with van der Waals surface area (Å²) in [6.45, 7) is 7.94. The Morgan fingerprint density at radius 3 is 2.44 bits per heavy atom. The predicted molar refractivity (Wildman–Crippen MR) is 69.8 cm³/mol. The summed E-state index contributed by atoms with van der Waals surface area (Å²) in [4.78, 5) is 10.7. The lowest BCUT2D eigenvalue weighted by Crippen LogP contribution is -2.54. The number of hydrogen-bond donors (Lipinski definition) is 1. The maximum absolute atomic E-state index is 5.91. The Bertz CT molecular complexity index is 378. The van der Waals surface area contributed by atoms with Gasteiger partial charge in [-0.1, -0.05) is 32.0 Å². The smallest absolute Gasteiger partial charge is 0.196 e. The maximum Gasteiger partial charge on any atom is 0.196 e. The zero-order chi connectivity index (χ0) is 13.2. The lowest BCUT2D eigenvalue weighted by atomic mass is 10.1. The third-order valence-electron chi connectivity index (χ3n) is 2.88. The van der Waals surface area contributed by atoms with E-state index in [-0.39, 0.29) is 18.4 Å². The number of benzene rings is 1. The summed E-state index contributed by atoms with van der Waals surface area (Å²) in [5, 5.41) is 3.33. The molecule has 0 amide bonds. The van der Waals surface area contributed by atoms with Crippen molar-refractivity contribution in [1.82, 2.24) is 0 Å². The second kappa shape index (κ2) is 5.26. The van der Waals surface area contributed by atoms with Gasteiger partial charge in [-0.2, -0.15) is 0 Å². The fraction of sp³-hybridized carbons (Fsp3) is 0.571. The zero-order valence-electron chi connectivity index (χ0n) is 11.3. The molecule has 0 radical (unpaired) electrons. The van der Waals surface area contributed by atoms with Crippen molar-refractivity contribution in [3.63, 3.8) is 0 Å². The van der Waals surface area contributed by atoms with Gasteiger partial charge in [0.15, 0.2) is 12.5 Å². The molecule has 0 unspecified atom stereocenters. The van der Waals surface area contributed by atoms with Crippen LogP contribution in [-0.4, -0.2) is 18.1 Å². The third-order valence-corrected chi connectivity index (χ3v) is 2.88. The van der Waals surface area contributed by atoms with Gasteiger partial charge in [0.05, 0.1) is 0 Å². The van der Waals surface area contributed by atoms with Crippen molar-refractivity contribution in [2.75, 3.05) is 5.32 Å². The molecule has 4 nitrogen and oxygen atoms in total. The standard InChI is InChI=1S/C14H21NO3/c1-10(2)12-16-13(14(3,4)18-17-12)15-11-8-6-5-7-9-11/h5-10,12-13,15H,1-4H3/t12-,13+/m0/s1. The average molecular weight is 251 g/mol. The molecule has 18 heavy (non-hydrogen) atoms. The van der Waals surface area contributed by atoms with Crippen LogP contribution in [0.25, 0.3) is 0 Å². The van der Waals surface area contributed by atoms with E-state index in [4.69, 9.17) is 14.5 Å². The molecule has 1 aromatic rings. The molecule has 1 N–H and O–H groups in total. The quantitative estimate of drug-likeness (QED) is 0.838. The first kappa shape index (κ1) is 13.3. The predicted octanol–water partition coefficient (Wildman–Crippen LogP) is 3.16. The van der Waals surface area contributed by atoms with Crippen molar-refractivity contribution in [2.24, 2.45) is 5.92 Å². The Labute approximate surface area is 108 Å². The maximum atomic E-state index is 5.91. The first-order valence-corrected chi connectivity index (χ1v) is 6.30. The summed E-state index contributed by atoms with van der Waals surface area (Å²) in [6.07, 6.45) is -0.597. The van der Waals surface area contributed by atoms with Gasteiger partial charge in [0.1, 0.15) is 5.60 Å². The highest BCUT2D eigenvalue weighted by molar-refractivity contribution is 5.43. The summed E-state index contributed by atoms with van der Waals surface area (Å²) >= 11 is 0. The molecular weight excluding hydrogens is 230 g/mol. The summed E-state index contributed by atoms with van der Waals surface area (Å²) in [5.74, 6) is 0.237. The fourth-order valence-corrected chi connectivity index (χ4v) is 1.70. The van der Waals surface area contributed by atoms with Crippen molar-refractivity contribution in [1.29, 1.82) is 0 Å². The van der Waals surface area contributed by atoms with Crippen molar-refractivity contribution < 1.29 is 14.5 Å². The van der Waals surface area contributed by atoms with Crippen LogP contribution in [0, 0.1) is 5.92 Å². The highest BCUT2D eigenvalue weighted by Crippen LogP contribution is 2.29. The van der Waals surface area contributed by atoms with Crippen molar-refractivity contribution >= 4 is 5.69 Å². The van der Waals surface area contributed by atoms with E-state index in [0.717, 1.165) is 5.69 Å². The van der Waals surface area contributed by atoms with Crippen LogP contribution in [-0.2, 0) is 14.5 Å². The first-order valence-electron chi connectivity index (χ1n) is 6.30. The number of ether oxygens (including phenoxy) is 1. The number of rotatable bonds is 3. The molecule has 1 aliphatic heterocycles. The first-order chi connectivity index (χ1) is 8.49. The van der Waals surface area contributed by atoms with Gasteiger partial charge >= 0.3 is 0 Å². The summed E-state index contributed by atoms with van der Waals surface area (Å²) in [5.41, 5.74) is 0.463. The second-order valence-corrected chi connectivity index (χ2v) is 5.42. The SMILES string of the molecule is CC(C)[C@@H]1OOC(C)(C)[C@H](Nc2ccccc2)O1. The van der Waals surface area contributed by atoms with Gasteiger partial charge in [-0.15, -0.1) is 0 Å². The molecule has 0 saturated carbocycles. The Hall–Kier alpha value is -1.10. The van der Waals surface area contributed by atoms with Gasteiger partial charge in [-0.05, 0) is 26.0 Å². The average Bonchev–Trinajstić information content (AvgIpc) is 2.33. The highest BCUT2D eigenvalue weighted by Gasteiger charge is 2.41. The number of para-hydroxylation sites is 1. The van der Waals surface area contributed by atoms with Crippen LogP contribution in [0.3, 0.4) is 0 Å². The molecule has 1 saturated heterocycles. The molecule has 2 atom stereocenters. The lowest BCUT2D eigenvalue weighted by Gasteiger charge is -2.42. The highest BCUT2D eigenvalue weighted by atomic mass is 17.2. The van der Waals surface area contributed by atoms with E-state index >= 15 is 0 Å². The molecule has 1 aromatic carbocycles. The molecule has 4 heteroatoms. The van der Waals surface area contributed by atoms with E-state index in [1.165, 1.54) is 0 Å². The van der Waals surface area contributed by atoms with Crippen LogP contribution in [0.1, 0.15) is 27.7 Å². The van der Waals surface area contributed by atoms with Gasteiger partial charge in [0.25, 0.3) is 0 Å². The van der Waals surface area contributed by atoms with Crippen LogP contribution < -0.4 is 5.32 Å². The van der Waals surface area contributed by atoms with Crippen molar-refractivity contribution in [2.45, 2.75) is 45.8 Å². The minimum Gasteiger partial charge on any atom is -0.358 e. The minimum atomic E-state index is -0.540. The Morgan fingerprint density at radius 1 is 1.17 bits per heavy atom. The lowest BCUT2D eigenvalue weighted by molar-refractivity contribution is -0.485. The summed E-state index contributed by atoms with van der Waals surface area (Å²) < 4.78 is 5.91. The molecule has 2 rings (SSSR count). The van der Waals surface area contributed by atoms with Crippen LogP contribution in [0.15, 0.2) is 30.3 Å². The fourth-order valence-electron chi connectivity index (χ4n) is 1.70. The third kappa shape index (κ3) is 3.02. The summed E-state index contributed by atoms with van der Waals surface area (Å²) in [7, 11) is 0. The Kier molecular flexibility index (Phi) is 3.90. The van der Waals surface area contributed by atoms with Gasteiger partial charge in [0.2, 0.25) is 0 Å². The number of anilines is 1. The van der Waals surface area contributed by atoms with Crippen LogP contribution in [0.2, 0.25) is 0 Å². The van der Waals surface area contributed by atoms with Crippen LogP contribution in [0.4, 0.5) is 5.69 Å². The molecule has 0 bridgehead atoms. The Balaban J connectivity index is 2.08. The van der Waals surface area contributed by atoms with E-state index < -0.39 is 5.60 Å². The van der Waals surface area contributed by atoms with Gasteiger partial charge in [0, 0.05) is 11.6 Å². The molecule has 1 fully saturated rings. The van der Waals surface area contributed by atoms with E-state index in [1.807, 2.05) is 58.0 Å². The summed E-state index contributed by atoms with van der Waals surface area (Å²) in [6, 6.07) is 9.94. The molecular formula is C14H21NO3. The number of hydrogen-bond acceptors (Lipinski definition) is 4. The molecule has 0 aromatic heterocycles. The monoisotopic (exact) mass is 251 g/mol. The topological polar surface area (TPSA) is 39.7 Å². The van der Waals surface area contributed by atoms with Gasteiger partial charge in [-0.25, -0.2) is 9.78 Å². The van der Waals surface area contributed by atoms with Crippen LogP contribution in [0.5, 0.6) is 0 Å². The zero-order valence-corrected chi connectivity index (χ0v) is 11.3. The molecule has 1 heterocycles. The molecule has 0 spiro atoms. The van der Waals surface area contributed by atoms with Crippen molar-refractivity contribution in [3.8, 4) is 0 Å². The molecule has 1 aliphatic rings. The molecule has 100 valence electrons. The van der Waals surface area contributed by atoms with E-state index in [2.05, 4.69) is 5.32 Å². The Morgan fingerprint density at radius 2 is 1.83 bits per heavy atom.